The fourth-order valence-electron chi connectivity index (χ4n) is 4.63. The Bertz CT molecular complexity index is 906. The summed E-state index contributed by atoms with van der Waals surface area (Å²) in [6.07, 6.45) is 7.44. The molecule has 0 spiro atoms. The zero-order valence-corrected chi connectivity index (χ0v) is 18.0. The number of morpholine rings is 1. The van der Waals surface area contributed by atoms with Crippen molar-refractivity contribution in [3.8, 4) is 0 Å². The summed E-state index contributed by atoms with van der Waals surface area (Å²) in [5, 5.41) is 0. The number of sulfonamides is 1. The van der Waals surface area contributed by atoms with Crippen LogP contribution in [0.2, 0.25) is 0 Å². The third kappa shape index (κ3) is 4.55. The molecule has 0 bridgehead atoms. The molecule has 2 aliphatic rings. The van der Waals surface area contributed by atoms with Gasteiger partial charge in [-0.05, 0) is 38.3 Å². The third-order valence-electron chi connectivity index (χ3n) is 5.76. The van der Waals surface area contributed by atoms with Crippen molar-refractivity contribution in [3.63, 3.8) is 0 Å². The summed E-state index contributed by atoms with van der Waals surface area (Å²) in [7, 11) is -3.56. The molecule has 0 N–H and O–H groups in total. The Balaban J connectivity index is 1.55. The van der Waals surface area contributed by atoms with Crippen molar-refractivity contribution in [1.82, 2.24) is 18.8 Å². The molecule has 0 radical (unpaired) electrons. The zero-order valence-electron chi connectivity index (χ0n) is 17.1. The van der Waals surface area contributed by atoms with Gasteiger partial charge < -0.3 is 9.30 Å². The van der Waals surface area contributed by atoms with Crippen LogP contribution in [-0.4, -0.2) is 71.6 Å². The fourth-order valence-corrected chi connectivity index (χ4v) is 6.53. The predicted molar refractivity (Wildman–Crippen MR) is 111 cm³/mol. The summed E-state index contributed by atoms with van der Waals surface area (Å²) >= 11 is 0. The molecular formula is C21H30N4O3S. The predicted octanol–water partition coefficient (Wildman–Crippen LogP) is 2.19. The molecule has 4 rings (SSSR count). The normalized spacial score (nSPS) is 26.8. The average molecular weight is 419 g/mol. The Morgan fingerprint density at radius 1 is 1.17 bits per heavy atom. The van der Waals surface area contributed by atoms with E-state index >= 15 is 0 Å². The molecule has 1 aromatic carbocycles. The summed E-state index contributed by atoms with van der Waals surface area (Å²) in [5.41, 5.74) is 0.796. The van der Waals surface area contributed by atoms with Crippen LogP contribution in [0.5, 0.6) is 0 Å². The molecule has 1 aromatic heterocycles. The minimum atomic E-state index is -3.56. The van der Waals surface area contributed by atoms with Crippen molar-refractivity contribution in [1.29, 1.82) is 0 Å². The third-order valence-corrected chi connectivity index (χ3v) is 7.81. The number of hydrogen-bond acceptors (Lipinski definition) is 5. The fraction of sp³-hybridized carbons (Fsp3) is 0.571. The van der Waals surface area contributed by atoms with Crippen LogP contribution in [-0.2, 0) is 21.3 Å². The first kappa shape index (κ1) is 20.5. The van der Waals surface area contributed by atoms with Crippen LogP contribution >= 0.6 is 0 Å². The molecule has 3 heterocycles. The van der Waals surface area contributed by atoms with E-state index in [2.05, 4.69) is 23.7 Å². The number of hydrogen-bond donors (Lipinski definition) is 0. The topological polar surface area (TPSA) is 67.7 Å². The number of imidazole rings is 1. The molecule has 7 nitrogen and oxygen atoms in total. The van der Waals surface area contributed by atoms with E-state index in [0.717, 1.165) is 38.0 Å². The maximum absolute atomic E-state index is 13.6. The highest BCUT2D eigenvalue weighted by atomic mass is 32.2. The molecule has 2 saturated heterocycles. The van der Waals surface area contributed by atoms with Gasteiger partial charge in [-0.1, -0.05) is 18.2 Å². The monoisotopic (exact) mass is 418 g/mol. The number of aromatic nitrogens is 2. The highest BCUT2D eigenvalue weighted by molar-refractivity contribution is 7.89. The van der Waals surface area contributed by atoms with Crippen LogP contribution in [0.1, 0.15) is 32.3 Å². The molecule has 158 valence electrons. The smallest absolute Gasteiger partial charge is 0.243 e. The van der Waals surface area contributed by atoms with Gasteiger partial charge in [-0.25, -0.2) is 13.4 Å². The standard InChI is InChI=1S/C21H30N4O3S/c1-17-12-24(13-18(2)28-17)15-20-7-5-10-25(20)29(26,27)21-8-4-3-6-19(21)14-23-11-9-22-16-23/h3-4,6,8-9,11,16-18,20H,5,7,10,12-15H2,1-2H3/t17-,18+,20-/m1/s1. The first-order valence-corrected chi connectivity index (χ1v) is 11.8. The van der Waals surface area contributed by atoms with E-state index < -0.39 is 10.0 Å². The lowest BCUT2D eigenvalue weighted by atomic mass is 10.1. The molecule has 0 aliphatic carbocycles. The SMILES string of the molecule is C[C@@H]1CN(C[C@H]2CCCN2S(=O)(=O)c2ccccc2Cn2ccnc2)C[C@H](C)O1. The van der Waals surface area contributed by atoms with Gasteiger partial charge in [0, 0.05) is 51.2 Å². The molecule has 0 amide bonds. The molecule has 29 heavy (non-hydrogen) atoms. The minimum absolute atomic E-state index is 0.0128. The number of rotatable bonds is 6. The van der Waals surface area contributed by atoms with Gasteiger partial charge in [0.05, 0.1) is 23.4 Å². The quantitative estimate of drug-likeness (QED) is 0.719. The molecule has 2 aliphatic heterocycles. The number of benzene rings is 1. The van der Waals surface area contributed by atoms with Gasteiger partial charge in [0.2, 0.25) is 10.0 Å². The molecule has 0 saturated carbocycles. The van der Waals surface area contributed by atoms with E-state index in [9.17, 15) is 8.42 Å². The molecule has 8 heteroatoms. The van der Waals surface area contributed by atoms with Crippen molar-refractivity contribution in [3.05, 3.63) is 48.5 Å². The van der Waals surface area contributed by atoms with E-state index in [1.165, 1.54) is 0 Å². The van der Waals surface area contributed by atoms with Crippen LogP contribution in [0.3, 0.4) is 0 Å². The van der Waals surface area contributed by atoms with E-state index in [0.29, 0.717) is 18.0 Å². The van der Waals surface area contributed by atoms with E-state index in [4.69, 9.17) is 4.74 Å². The summed E-state index contributed by atoms with van der Waals surface area (Å²) in [4.78, 5) is 6.83. The van der Waals surface area contributed by atoms with Gasteiger partial charge in [-0.15, -0.1) is 0 Å². The second kappa shape index (κ2) is 8.55. The van der Waals surface area contributed by atoms with E-state index in [-0.39, 0.29) is 18.2 Å². The highest BCUT2D eigenvalue weighted by Crippen LogP contribution is 2.29. The van der Waals surface area contributed by atoms with Crippen LogP contribution in [0.25, 0.3) is 0 Å². The van der Waals surface area contributed by atoms with E-state index in [1.807, 2.05) is 22.9 Å². The molecule has 0 unspecified atom stereocenters. The van der Waals surface area contributed by atoms with Crippen molar-refractivity contribution >= 4 is 10.0 Å². The van der Waals surface area contributed by atoms with Crippen molar-refractivity contribution < 1.29 is 13.2 Å². The van der Waals surface area contributed by atoms with Gasteiger partial charge in [-0.3, -0.25) is 4.90 Å². The first-order chi connectivity index (χ1) is 13.9. The maximum atomic E-state index is 13.6. The number of nitrogens with zero attached hydrogens (tertiary/aromatic N) is 4. The van der Waals surface area contributed by atoms with E-state index in [1.54, 1.807) is 29.0 Å². The Kier molecular flexibility index (Phi) is 6.06. The largest absolute Gasteiger partial charge is 0.373 e. The summed E-state index contributed by atoms with van der Waals surface area (Å²) in [6.45, 7) is 7.71. The van der Waals surface area contributed by atoms with Gasteiger partial charge in [-0.2, -0.15) is 4.31 Å². The summed E-state index contributed by atoms with van der Waals surface area (Å²) in [6, 6.07) is 7.34. The lowest BCUT2D eigenvalue weighted by Gasteiger charge is -2.38. The summed E-state index contributed by atoms with van der Waals surface area (Å²) in [5.74, 6) is 0. The highest BCUT2D eigenvalue weighted by Gasteiger charge is 2.38. The Morgan fingerprint density at radius 3 is 2.66 bits per heavy atom. The van der Waals surface area contributed by atoms with Crippen molar-refractivity contribution in [2.45, 2.75) is 56.4 Å². The van der Waals surface area contributed by atoms with Crippen molar-refractivity contribution in [2.24, 2.45) is 0 Å². The first-order valence-electron chi connectivity index (χ1n) is 10.4. The van der Waals surface area contributed by atoms with Crippen LogP contribution in [0, 0.1) is 0 Å². The van der Waals surface area contributed by atoms with Gasteiger partial charge in [0.15, 0.2) is 0 Å². The molecule has 3 atom stereocenters. The Hall–Kier alpha value is -1.74. The van der Waals surface area contributed by atoms with Crippen LogP contribution in [0.4, 0.5) is 0 Å². The maximum Gasteiger partial charge on any atom is 0.243 e. The molecule has 2 aromatic rings. The van der Waals surface area contributed by atoms with Crippen molar-refractivity contribution in [2.75, 3.05) is 26.2 Å². The zero-order chi connectivity index (χ0) is 20.4. The summed E-state index contributed by atoms with van der Waals surface area (Å²) < 4.78 is 36.7. The van der Waals surface area contributed by atoms with Gasteiger partial charge >= 0.3 is 0 Å². The molecular weight excluding hydrogens is 388 g/mol. The lowest BCUT2D eigenvalue weighted by Crippen LogP contribution is -2.50. The van der Waals surface area contributed by atoms with Gasteiger partial charge in [0.25, 0.3) is 0 Å². The van der Waals surface area contributed by atoms with Crippen LogP contribution < -0.4 is 0 Å². The second-order valence-electron chi connectivity index (χ2n) is 8.23. The lowest BCUT2D eigenvalue weighted by molar-refractivity contribution is -0.0707. The van der Waals surface area contributed by atoms with Crippen LogP contribution in [0.15, 0.2) is 47.9 Å². The number of ether oxygens (including phenoxy) is 1. The Labute approximate surface area is 173 Å². The second-order valence-corrected chi connectivity index (χ2v) is 10.1. The van der Waals surface area contributed by atoms with Gasteiger partial charge in [0.1, 0.15) is 0 Å². The minimum Gasteiger partial charge on any atom is -0.373 e. The molecule has 2 fully saturated rings. The average Bonchev–Trinajstić information content (AvgIpc) is 3.33. The Morgan fingerprint density at radius 2 is 1.93 bits per heavy atom.